The smallest absolute Gasteiger partial charge is 0.338 e. The molecule has 2 N–H and O–H groups in total. The monoisotopic (exact) mass is 419 g/mol. The molecule has 0 amide bonds. The first kappa shape index (κ1) is 22.5. The van der Waals surface area contributed by atoms with Crippen LogP contribution in [0.1, 0.15) is 52.7 Å². The van der Waals surface area contributed by atoms with Gasteiger partial charge in [-0.15, -0.1) is 0 Å². The highest BCUT2D eigenvalue weighted by Gasteiger charge is 2.28. The van der Waals surface area contributed by atoms with E-state index in [4.69, 9.17) is 9.47 Å². The van der Waals surface area contributed by atoms with Crippen LogP contribution in [-0.2, 0) is 14.3 Å². The Bertz CT molecular complexity index is 990. The van der Waals surface area contributed by atoms with Crippen LogP contribution in [0.3, 0.4) is 0 Å². The third-order valence-corrected chi connectivity index (χ3v) is 4.17. The molecule has 1 heterocycles. The van der Waals surface area contributed by atoms with Gasteiger partial charge in [0.25, 0.3) is 5.69 Å². The van der Waals surface area contributed by atoms with E-state index in [9.17, 15) is 29.3 Å². The Morgan fingerprint density at radius 1 is 1.17 bits per heavy atom. The van der Waals surface area contributed by atoms with Crippen LogP contribution in [0.4, 0.5) is 5.69 Å². The predicted octanol–water partition coefficient (Wildman–Crippen LogP) is 2.06. The fourth-order valence-corrected chi connectivity index (χ4v) is 2.70. The second-order valence-corrected chi connectivity index (χ2v) is 6.34. The molecule has 11 nitrogen and oxygen atoms in total. The number of nitro groups is 1. The minimum Gasteiger partial charge on any atom is -0.466 e. The molecule has 1 atom stereocenters. The van der Waals surface area contributed by atoms with E-state index in [1.807, 2.05) is 0 Å². The molecule has 0 radical (unpaired) electrons. The van der Waals surface area contributed by atoms with E-state index >= 15 is 0 Å². The van der Waals surface area contributed by atoms with Crippen LogP contribution in [0, 0.1) is 17.0 Å². The quantitative estimate of drug-likeness (QED) is 0.256. The summed E-state index contributed by atoms with van der Waals surface area (Å²) < 4.78 is 10.1. The van der Waals surface area contributed by atoms with Crippen molar-refractivity contribution in [3.63, 3.8) is 0 Å². The molecule has 0 saturated heterocycles. The van der Waals surface area contributed by atoms with E-state index in [2.05, 4.69) is 9.97 Å². The summed E-state index contributed by atoms with van der Waals surface area (Å²) in [6.07, 6.45) is -1.03. The highest BCUT2D eigenvalue weighted by atomic mass is 16.6. The number of aromatic amines is 2. The lowest BCUT2D eigenvalue weighted by Crippen LogP contribution is -2.29. The zero-order valence-corrected chi connectivity index (χ0v) is 16.4. The zero-order chi connectivity index (χ0) is 22.3. The predicted molar refractivity (Wildman–Crippen MR) is 103 cm³/mol. The molecule has 0 aliphatic carbocycles. The Kier molecular flexibility index (Phi) is 7.62. The summed E-state index contributed by atoms with van der Waals surface area (Å²) >= 11 is 0. The number of rotatable bonds is 10. The average molecular weight is 419 g/mol. The number of ether oxygens (including phenoxy) is 2. The van der Waals surface area contributed by atoms with E-state index in [1.165, 1.54) is 19.1 Å². The molecule has 0 unspecified atom stereocenters. The fourth-order valence-electron chi connectivity index (χ4n) is 2.70. The first-order valence-corrected chi connectivity index (χ1v) is 9.17. The molecular weight excluding hydrogens is 398 g/mol. The number of nitrogens with zero attached hydrogens (tertiary/aromatic N) is 1. The average Bonchev–Trinajstić information content (AvgIpc) is 3.04. The summed E-state index contributed by atoms with van der Waals surface area (Å²) in [6, 6.07) is 4.71. The maximum atomic E-state index is 12.8. The first-order chi connectivity index (χ1) is 14.2. The maximum Gasteiger partial charge on any atom is 0.338 e. The number of carbonyl (C=O) groups excluding carboxylic acids is 3. The number of nitro benzene ring substituents is 1. The van der Waals surface area contributed by atoms with Gasteiger partial charge in [-0.1, -0.05) is 0 Å². The van der Waals surface area contributed by atoms with Crippen molar-refractivity contribution < 1.29 is 28.8 Å². The molecule has 1 aromatic heterocycles. The Hall–Kier alpha value is -3.76. The van der Waals surface area contributed by atoms with Crippen molar-refractivity contribution in [2.75, 3.05) is 6.61 Å². The number of H-pyrrole nitrogens is 2. The fraction of sp³-hybridized carbons (Fsp3) is 0.368. The highest BCUT2D eigenvalue weighted by molar-refractivity contribution is 6.01. The molecule has 160 valence electrons. The number of benzene rings is 1. The van der Waals surface area contributed by atoms with Crippen molar-refractivity contribution in [3.8, 4) is 0 Å². The van der Waals surface area contributed by atoms with Crippen molar-refractivity contribution in [3.05, 3.63) is 61.8 Å². The van der Waals surface area contributed by atoms with E-state index in [0.29, 0.717) is 0 Å². The third-order valence-electron chi connectivity index (χ3n) is 4.17. The van der Waals surface area contributed by atoms with Gasteiger partial charge in [-0.3, -0.25) is 19.7 Å². The first-order valence-electron chi connectivity index (χ1n) is 9.17. The lowest BCUT2D eigenvalue weighted by atomic mass is 10.0. The molecule has 2 aromatic rings. The molecule has 11 heteroatoms. The lowest BCUT2D eigenvalue weighted by Gasteiger charge is -2.16. The molecule has 0 spiro atoms. The minimum absolute atomic E-state index is 0.0167. The van der Waals surface area contributed by atoms with Gasteiger partial charge in [-0.05, 0) is 38.8 Å². The van der Waals surface area contributed by atoms with Crippen LogP contribution in [0.2, 0.25) is 0 Å². The summed E-state index contributed by atoms with van der Waals surface area (Å²) in [4.78, 5) is 63.2. The van der Waals surface area contributed by atoms with Crippen LogP contribution in [0.15, 0.2) is 29.1 Å². The SMILES string of the molecule is CCOC(=O)CCC[C@@H](OC(=O)c1ccc([N+](=O)[O-])cc1)C(=O)c1[nH]c(=O)[nH]c1C. The van der Waals surface area contributed by atoms with Crippen molar-refractivity contribution >= 4 is 23.4 Å². The molecule has 0 bridgehead atoms. The molecule has 0 aliphatic rings. The Morgan fingerprint density at radius 2 is 1.83 bits per heavy atom. The second-order valence-electron chi connectivity index (χ2n) is 6.34. The number of hydrogen-bond acceptors (Lipinski definition) is 8. The molecular formula is C19H21N3O8. The van der Waals surface area contributed by atoms with Crippen molar-refractivity contribution in [1.82, 2.24) is 9.97 Å². The summed E-state index contributed by atoms with van der Waals surface area (Å²) in [7, 11) is 0. The standard InChI is InChI=1S/C19H21N3O8/c1-3-29-15(23)6-4-5-14(17(24)16-11(2)20-19(26)21-16)30-18(25)12-7-9-13(10-8-12)22(27)28/h7-10,14H,3-6H2,1-2H3,(H2,20,21,26)/t14-/m1/s1. The molecule has 0 aliphatic heterocycles. The van der Waals surface area contributed by atoms with E-state index in [1.54, 1.807) is 6.92 Å². The van der Waals surface area contributed by atoms with Gasteiger partial charge < -0.3 is 19.4 Å². The van der Waals surface area contributed by atoms with Crippen LogP contribution in [0.25, 0.3) is 0 Å². The summed E-state index contributed by atoms with van der Waals surface area (Å²) in [5.74, 6) is -1.95. The lowest BCUT2D eigenvalue weighted by molar-refractivity contribution is -0.384. The molecule has 1 aromatic carbocycles. The Labute approximate surface area is 170 Å². The summed E-state index contributed by atoms with van der Waals surface area (Å²) in [5.41, 5.74) is -0.510. The van der Waals surface area contributed by atoms with Gasteiger partial charge in [0, 0.05) is 24.2 Å². The van der Waals surface area contributed by atoms with Gasteiger partial charge in [-0.2, -0.15) is 0 Å². The van der Waals surface area contributed by atoms with E-state index < -0.39 is 34.4 Å². The minimum atomic E-state index is -1.27. The number of carbonyl (C=O) groups is 3. The number of ketones is 1. The van der Waals surface area contributed by atoms with Crippen molar-refractivity contribution in [2.45, 2.75) is 39.2 Å². The summed E-state index contributed by atoms with van der Waals surface area (Å²) in [6.45, 7) is 3.40. The number of aryl methyl sites for hydroxylation is 1. The maximum absolute atomic E-state index is 12.8. The van der Waals surface area contributed by atoms with Gasteiger partial charge in [0.1, 0.15) is 5.69 Å². The number of non-ortho nitro benzene ring substituents is 1. The number of aromatic nitrogens is 2. The Morgan fingerprint density at radius 3 is 2.37 bits per heavy atom. The molecule has 0 saturated carbocycles. The zero-order valence-electron chi connectivity index (χ0n) is 16.4. The van der Waals surface area contributed by atoms with E-state index in [0.717, 1.165) is 12.1 Å². The molecule has 30 heavy (non-hydrogen) atoms. The number of Topliss-reactive ketones (excluding diaryl/α,β-unsaturated/α-hetero) is 1. The van der Waals surface area contributed by atoms with Gasteiger partial charge in [0.15, 0.2) is 6.10 Å². The number of nitrogens with one attached hydrogen (secondary N) is 2. The van der Waals surface area contributed by atoms with Crippen LogP contribution in [0.5, 0.6) is 0 Å². The van der Waals surface area contributed by atoms with Crippen LogP contribution >= 0.6 is 0 Å². The second kappa shape index (κ2) is 10.1. The number of hydrogen-bond donors (Lipinski definition) is 2. The summed E-state index contributed by atoms with van der Waals surface area (Å²) in [5, 5.41) is 10.7. The van der Waals surface area contributed by atoms with Gasteiger partial charge >= 0.3 is 17.6 Å². The van der Waals surface area contributed by atoms with Gasteiger partial charge in [-0.25, -0.2) is 9.59 Å². The van der Waals surface area contributed by atoms with E-state index in [-0.39, 0.29) is 48.5 Å². The largest absolute Gasteiger partial charge is 0.466 e. The van der Waals surface area contributed by atoms with Gasteiger partial charge in [0.05, 0.1) is 17.1 Å². The topological polar surface area (TPSA) is 161 Å². The molecule has 2 rings (SSSR count). The molecule has 0 fully saturated rings. The van der Waals surface area contributed by atoms with Crippen molar-refractivity contribution in [1.29, 1.82) is 0 Å². The van der Waals surface area contributed by atoms with Gasteiger partial charge in [0.2, 0.25) is 5.78 Å². The van der Waals surface area contributed by atoms with Crippen molar-refractivity contribution in [2.24, 2.45) is 0 Å². The normalized spacial score (nSPS) is 11.5. The number of esters is 2. The number of imidazole rings is 1. The highest BCUT2D eigenvalue weighted by Crippen LogP contribution is 2.17. The third kappa shape index (κ3) is 5.87. The van der Waals surface area contributed by atoms with Crippen LogP contribution in [-0.4, -0.2) is 45.3 Å². The van der Waals surface area contributed by atoms with Crippen LogP contribution < -0.4 is 5.69 Å². The Balaban J connectivity index is 2.17.